The van der Waals surface area contributed by atoms with Crippen LogP contribution in [0.15, 0.2) is 0 Å². The van der Waals surface area contributed by atoms with E-state index in [1.165, 1.54) is 6.26 Å². The molecule has 6 unspecified atom stereocenters. The number of fused-ring (bicyclic) bond motifs is 2. The molecule has 0 aromatic heterocycles. The summed E-state index contributed by atoms with van der Waals surface area (Å²) in [7, 11) is -2.97. The van der Waals surface area contributed by atoms with Crippen LogP contribution in [0.4, 0.5) is 0 Å². The van der Waals surface area contributed by atoms with Crippen molar-refractivity contribution in [3.05, 3.63) is 0 Å². The van der Waals surface area contributed by atoms with Crippen molar-refractivity contribution in [3.8, 4) is 0 Å². The van der Waals surface area contributed by atoms with Gasteiger partial charge in [-0.05, 0) is 95.6 Å². The fourth-order valence-electron chi connectivity index (χ4n) is 8.26. The predicted octanol–water partition coefficient (Wildman–Crippen LogP) is 1.55. The number of piperazine rings is 1. The average Bonchev–Trinajstić information content (AvgIpc) is 3.26. The third-order valence-electron chi connectivity index (χ3n) is 10.0. The van der Waals surface area contributed by atoms with Gasteiger partial charge in [0.2, 0.25) is 11.8 Å². The highest BCUT2D eigenvalue weighted by molar-refractivity contribution is 7.91. The van der Waals surface area contributed by atoms with Crippen LogP contribution in [0.2, 0.25) is 0 Å². The molecule has 198 valence electrons. The average molecular weight is 509 g/mol. The Kier molecular flexibility index (Phi) is 7.23. The molecule has 3 saturated heterocycles. The maximum absolute atomic E-state index is 13.9. The third kappa shape index (κ3) is 5.01. The Hall–Kier alpha value is -1.19. The molecular formula is C26H44N4O4S. The van der Waals surface area contributed by atoms with Gasteiger partial charge in [0.1, 0.15) is 9.84 Å². The second-order valence-electron chi connectivity index (χ2n) is 12.2. The lowest BCUT2D eigenvalue weighted by atomic mass is 9.69. The first-order valence-electron chi connectivity index (χ1n) is 13.9. The van der Waals surface area contributed by atoms with E-state index in [1.54, 1.807) is 6.92 Å². The lowest BCUT2D eigenvalue weighted by Crippen LogP contribution is -2.68. The van der Waals surface area contributed by atoms with Gasteiger partial charge < -0.3 is 20.4 Å². The lowest BCUT2D eigenvalue weighted by molar-refractivity contribution is -0.155. The molecule has 0 aromatic carbocycles. The molecule has 2 saturated carbocycles. The number of sulfone groups is 1. The summed E-state index contributed by atoms with van der Waals surface area (Å²) < 4.78 is 24.1. The summed E-state index contributed by atoms with van der Waals surface area (Å²) in [6.45, 7) is 6.36. The number of hydrogen-bond donors (Lipinski definition) is 2. The second kappa shape index (κ2) is 9.93. The summed E-state index contributed by atoms with van der Waals surface area (Å²) >= 11 is 0. The van der Waals surface area contributed by atoms with Crippen LogP contribution in [0, 0.1) is 17.8 Å². The molecule has 3 aliphatic heterocycles. The summed E-state index contributed by atoms with van der Waals surface area (Å²) in [5.41, 5.74) is 0. The van der Waals surface area contributed by atoms with Crippen LogP contribution in [0.1, 0.15) is 71.6 Å². The first kappa shape index (κ1) is 25.5. The van der Waals surface area contributed by atoms with Crippen molar-refractivity contribution in [2.24, 2.45) is 17.8 Å². The molecule has 7 atom stereocenters. The van der Waals surface area contributed by atoms with Crippen LogP contribution < -0.4 is 10.6 Å². The normalized spacial score (nSPS) is 42.3. The van der Waals surface area contributed by atoms with Crippen LogP contribution in [0.5, 0.6) is 0 Å². The van der Waals surface area contributed by atoms with Crippen molar-refractivity contribution in [3.63, 3.8) is 0 Å². The van der Waals surface area contributed by atoms with Gasteiger partial charge in [-0.15, -0.1) is 0 Å². The van der Waals surface area contributed by atoms with Gasteiger partial charge >= 0.3 is 0 Å². The first-order chi connectivity index (χ1) is 16.6. The van der Waals surface area contributed by atoms with Crippen LogP contribution in [-0.4, -0.2) is 91.4 Å². The molecule has 0 radical (unpaired) electrons. The zero-order chi connectivity index (χ0) is 24.9. The lowest BCUT2D eigenvalue weighted by Gasteiger charge is -2.55. The van der Waals surface area contributed by atoms with Gasteiger partial charge in [0.25, 0.3) is 0 Å². The second-order valence-corrected chi connectivity index (χ2v) is 14.5. The largest absolute Gasteiger partial charge is 0.334 e. The van der Waals surface area contributed by atoms with Gasteiger partial charge in [-0.3, -0.25) is 9.59 Å². The topological polar surface area (TPSA) is 98.8 Å². The molecule has 2 aliphatic carbocycles. The monoisotopic (exact) mass is 508 g/mol. The molecule has 8 nitrogen and oxygen atoms in total. The Morgan fingerprint density at radius 1 is 0.886 bits per heavy atom. The van der Waals surface area contributed by atoms with E-state index in [2.05, 4.69) is 27.4 Å². The van der Waals surface area contributed by atoms with E-state index >= 15 is 0 Å². The van der Waals surface area contributed by atoms with Crippen LogP contribution in [-0.2, 0) is 19.4 Å². The SMILES string of the molecule is CC(=O)N1C2CCC(C3CCC(S(C)(=O)=O)CC3)CC2N(C(=O)C2CC3CNCCC3N2)C[C@@H]1C. The van der Waals surface area contributed by atoms with Gasteiger partial charge in [0.05, 0.1) is 23.4 Å². The molecule has 2 amide bonds. The van der Waals surface area contributed by atoms with Crippen molar-refractivity contribution in [2.75, 3.05) is 25.9 Å². The van der Waals surface area contributed by atoms with Crippen molar-refractivity contribution >= 4 is 21.7 Å². The molecule has 0 bridgehead atoms. The standard InChI is InChI=1S/C26H44N4O4S/c1-16-15-29(26(32)23-12-20-14-27-11-10-22(20)28-23)25-13-19(6-9-24(25)30(16)17(2)31)18-4-7-21(8-5-18)35(3,33)34/h16,18-25,27-28H,4-15H2,1-3H3/t16-,18?,19?,20?,21?,22?,23?,24?,25?/m0/s1. The highest BCUT2D eigenvalue weighted by Crippen LogP contribution is 2.44. The molecule has 3 heterocycles. The Morgan fingerprint density at radius 3 is 2.26 bits per heavy atom. The van der Waals surface area contributed by atoms with E-state index in [4.69, 9.17) is 0 Å². The minimum atomic E-state index is -2.97. The van der Waals surface area contributed by atoms with Crippen molar-refractivity contribution in [1.82, 2.24) is 20.4 Å². The number of rotatable bonds is 3. The number of nitrogens with zero attached hydrogens (tertiary/aromatic N) is 2. The van der Waals surface area contributed by atoms with Gasteiger partial charge in [0, 0.05) is 31.8 Å². The molecule has 9 heteroatoms. The van der Waals surface area contributed by atoms with E-state index in [-0.39, 0.29) is 41.2 Å². The fraction of sp³-hybridized carbons (Fsp3) is 0.923. The Labute approximate surface area is 210 Å². The quantitative estimate of drug-likeness (QED) is 0.600. The third-order valence-corrected chi connectivity index (χ3v) is 11.7. The highest BCUT2D eigenvalue weighted by atomic mass is 32.2. The maximum Gasteiger partial charge on any atom is 0.240 e. The van der Waals surface area contributed by atoms with E-state index in [1.807, 2.05) is 0 Å². The van der Waals surface area contributed by atoms with Crippen molar-refractivity contribution in [2.45, 2.75) is 107 Å². The van der Waals surface area contributed by atoms with Gasteiger partial charge in [-0.1, -0.05) is 0 Å². The summed E-state index contributed by atoms with van der Waals surface area (Å²) in [4.78, 5) is 30.8. The Balaban J connectivity index is 1.31. The Bertz CT molecular complexity index is 904. The van der Waals surface area contributed by atoms with E-state index in [0.717, 1.165) is 70.9 Å². The molecular weight excluding hydrogens is 464 g/mol. The van der Waals surface area contributed by atoms with Crippen LogP contribution in [0.25, 0.3) is 0 Å². The molecule has 5 aliphatic rings. The number of hydrogen-bond acceptors (Lipinski definition) is 6. The molecule has 5 rings (SSSR count). The highest BCUT2D eigenvalue weighted by Gasteiger charge is 2.50. The minimum absolute atomic E-state index is 0.0322. The van der Waals surface area contributed by atoms with Gasteiger partial charge in [-0.25, -0.2) is 8.42 Å². The first-order valence-corrected chi connectivity index (χ1v) is 15.8. The number of carbonyl (C=O) groups is 2. The predicted molar refractivity (Wildman–Crippen MR) is 136 cm³/mol. The summed E-state index contributed by atoms with van der Waals surface area (Å²) in [5, 5.41) is 6.94. The zero-order valence-corrected chi connectivity index (χ0v) is 22.4. The number of carbonyl (C=O) groups excluding carboxylic acids is 2. The fourth-order valence-corrected chi connectivity index (χ4v) is 9.39. The summed E-state index contributed by atoms with van der Waals surface area (Å²) in [6, 6.07) is 0.503. The molecule has 35 heavy (non-hydrogen) atoms. The summed E-state index contributed by atoms with van der Waals surface area (Å²) in [6.07, 6.45) is 9.71. The number of amides is 2. The van der Waals surface area contributed by atoms with Gasteiger partial charge in [0.15, 0.2) is 0 Å². The van der Waals surface area contributed by atoms with E-state index in [0.29, 0.717) is 30.3 Å². The molecule has 0 spiro atoms. The molecule has 5 fully saturated rings. The van der Waals surface area contributed by atoms with Crippen LogP contribution >= 0.6 is 0 Å². The summed E-state index contributed by atoms with van der Waals surface area (Å²) in [5.74, 6) is 1.88. The minimum Gasteiger partial charge on any atom is -0.334 e. The van der Waals surface area contributed by atoms with Crippen molar-refractivity contribution < 1.29 is 18.0 Å². The molecule has 2 N–H and O–H groups in total. The van der Waals surface area contributed by atoms with E-state index in [9.17, 15) is 18.0 Å². The number of nitrogens with one attached hydrogen (secondary N) is 2. The van der Waals surface area contributed by atoms with Crippen LogP contribution in [0.3, 0.4) is 0 Å². The van der Waals surface area contributed by atoms with Crippen molar-refractivity contribution in [1.29, 1.82) is 0 Å². The maximum atomic E-state index is 13.9. The van der Waals surface area contributed by atoms with E-state index < -0.39 is 9.84 Å². The zero-order valence-electron chi connectivity index (χ0n) is 21.6. The van der Waals surface area contributed by atoms with Gasteiger partial charge in [-0.2, -0.15) is 0 Å². The Morgan fingerprint density at radius 2 is 1.60 bits per heavy atom. The smallest absolute Gasteiger partial charge is 0.240 e. The number of piperidine rings is 1. The molecule has 0 aromatic rings.